The van der Waals surface area contributed by atoms with E-state index in [0.717, 1.165) is 17.1 Å². The number of aliphatic hydroxyl groups is 1. The molecule has 0 aromatic heterocycles. The molecule has 1 heterocycles. The maximum atomic E-state index is 9.03. The van der Waals surface area contributed by atoms with Crippen molar-refractivity contribution >= 4 is 11.6 Å². The van der Waals surface area contributed by atoms with E-state index < -0.39 is 0 Å². The first-order chi connectivity index (χ1) is 8.22. The second-order valence-corrected chi connectivity index (χ2v) is 4.78. The van der Waals surface area contributed by atoms with Crippen LogP contribution in [0.15, 0.2) is 24.3 Å². The zero-order valence-corrected chi connectivity index (χ0v) is 10.7. The number of β-amino-alcohol motifs (C(OH)–C–C–N with tert-alkyl or cyclic N) is 1. The van der Waals surface area contributed by atoms with Crippen molar-refractivity contribution in [2.24, 2.45) is 0 Å². The molecule has 2 atom stereocenters. The van der Waals surface area contributed by atoms with Crippen LogP contribution in [0.3, 0.4) is 0 Å². The molecule has 1 aromatic carbocycles. The van der Waals surface area contributed by atoms with E-state index in [9.17, 15) is 0 Å². The fraction of sp³-hybridized carbons (Fsp3) is 0.538. The molecule has 0 spiro atoms. The van der Waals surface area contributed by atoms with E-state index in [1.165, 1.54) is 0 Å². The SMILES string of the molecule is CC1C(c2cccc(Cl)c2)OCCN1CCO. The van der Waals surface area contributed by atoms with Gasteiger partial charge in [0, 0.05) is 24.2 Å². The Morgan fingerprint density at radius 3 is 3.06 bits per heavy atom. The molecule has 0 bridgehead atoms. The molecule has 1 N–H and O–H groups in total. The Bertz CT molecular complexity index is 370. The Balaban J connectivity index is 2.14. The molecule has 2 rings (SSSR count). The number of hydrogen-bond acceptors (Lipinski definition) is 3. The van der Waals surface area contributed by atoms with E-state index in [1.807, 2.05) is 24.3 Å². The Morgan fingerprint density at radius 1 is 1.53 bits per heavy atom. The van der Waals surface area contributed by atoms with Crippen LogP contribution in [0.1, 0.15) is 18.6 Å². The highest BCUT2D eigenvalue weighted by Crippen LogP contribution is 2.29. The first-order valence-electron chi connectivity index (χ1n) is 5.94. The molecule has 1 aromatic rings. The van der Waals surface area contributed by atoms with Gasteiger partial charge in [0.25, 0.3) is 0 Å². The molecule has 0 amide bonds. The third-order valence-electron chi connectivity index (χ3n) is 3.25. The molecule has 1 fully saturated rings. The summed E-state index contributed by atoms with van der Waals surface area (Å²) in [6.07, 6.45) is 0.0361. The molecule has 0 aliphatic carbocycles. The maximum absolute atomic E-state index is 9.03. The van der Waals surface area contributed by atoms with E-state index in [2.05, 4.69) is 11.8 Å². The number of morpholine rings is 1. The minimum atomic E-state index is 0.0361. The summed E-state index contributed by atoms with van der Waals surface area (Å²) in [7, 11) is 0. The lowest BCUT2D eigenvalue weighted by molar-refractivity contribution is -0.0703. The van der Waals surface area contributed by atoms with Crippen molar-refractivity contribution in [2.75, 3.05) is 26.3 Å². The molecule has 1 aliphatic heterocycles. The van der Waals surface area contributed by atoms with Crippen molar-refractivity contribution in [3.05, 3.63) is 34.9 Å². The van der Waals surface area contributed by atoms with Crippen molar-refractivity contribution in [2.45, 2.75) is 19.1 Å². The second kappa shape index (κ2) is 5.83. The van der Waals surface area contributed by atoms with Crippen molar-refractivity contribution < 1.29 is 9.84 Å². The minimum Gasteiger partial charge on any atom is -0.395 e. The fourth-order valence-electron chi connectivity index (χ4n) is 2.33. The molecular formula is C13H18ClNO2. The van der Waals surface area contributed by atoms with Crippen molar-refractivity contribution in [3.63, 3.8) is 0 Å². The van der Waals surface area contributed by atoms with Crippen LogP contribution in [0, 0.1) is 0 Å². The summed E-state index contributed by atoms with van der Waals surface area (Å²) in [6, 6.07) is 8.05. The first-order valence-corrected chi connectivity index (χ1v) is 6.32. The van der Waals surface area contributed by atoms with Crippen LogP contribution in [0.4, 0.5) is 0 Å². The molecule has 2 unspecified atom stereocenters. The number of benzene rings is 1. The van der Waals surface area contributed by atoms with Gasteiger partial charge in [0.05, 0.1) is 19.3 Å². The summed E-state index contributed by atoms with van der Waals surface area (Å²) in [5.74, 6) is 0. The number of nitrogens with zero attached hydrogens (tertiary/aromatic N) is 1. The zero-order valence-electron chi connectivity index (χ0n) is 9.97. The van der Waals surface area contributed by atoms with Gasteiger partial charge in [-0.25, -0.2) is 0 Å². The molecule has 3 nitrogen and oxygen atoms in total. The van der Waals surface area contributed by atoms with Crippen LogP contribution in [0.2, 0.25) is 5.02 Å². The van der Waals surface area contributed by atoms with Crippen molar-refractivity contribution in [1.82, 2.24) is 4.90 Å². The Labute approximate surface area is 107 Å². The summed E-state index contributed by atoms with van der Waals surface area (Å²) in [5, 5.41) is 9.77. The van der Waals surface area contributed by atoms with Gasteiger partial charge in [0.1, 0.15) is 0 Å². The molecule has 1 saturated heterocycles. The van der Waals surface area contributed by atoms with Gasteiger partial charge in [0.2, 0.25) is 0 Å². The highest BCUT2D eigenvalue weighted by atomic mass is 35.5. The van der Waals surface area contributed by atoms with Crippen LogP contribution >= 0.6 is 11.6 Å². The molecule has 4 heteroatoms. The molecule has 17 heavy (non-hydrogen) atoms. The van der Waals surface area contributed by atoms with Gasteiger partial charge in [-0.05, 0) is 24.6 Å². The lowest BCUT2D eigenvalue weighted by Crippen LogP contribution is -2.46. The number of halogens is 1. The number of hydrogen-bond donors (Lipinski definition) is 1. The van der Waals surface area contributed by atoms with Crippen LogP contribution in [0.5, 0.6) is 0 Å². The van der Waals surface area contributed by atoms with E-state index in [4.69, 9.17) is 21.4 Å². The summed E-state index contributed by atoms with van der Waals surface area (Å²) in [5.41, 5.74) is 1.10. The first kappa shape index (κ1) is 12.8. The van der Waals surface area contributed by atoms with Crippen molar-refractivity contribution in [3.8, 4) is 0 Å². The van der Waals surface area contributed by atoms with Crippen molar-refractivity contribution in [1.29, 1.82) is 0 Å². The quantitative estimate of drug-likeness (QED) is 0.898. The van der Waals surface area contributed by atoms with Crippen LogP contribution in [-0.4, -0.2) is 42.4 Å². The van der Waals surface area contributed by atoms with Gasteiger partial charge < -0.3 is 9.84 Å². The Hall–Kier alpha value is -0.610. The lowest BCUT2D eigenvalue weighted by atomic mass is 10.0. The number of ether oxygens (including phenoxy) is 1. The zero-order chi connectivity index (χ0) is 12.3. The Morgan fingerprint density at radius 2 is 2.35 bits per heavy atom. The number of rotatable bonds is 3. The smallest absolute Gasteiger partial charge is 0.0978 e. The summed E-state index contributed by atoms with van der Waals surface area (Å²) in [4.78, 5) is 2.25. The predicted molar refractivity (Wildman–Crippen MR) is 68.3 cm³/mol. The fourth-order valence-corrected chi connectivity index (χ4v) is 2.53. The summed E-state index contributed by atoms with van der Waals surface area (Å²) < 4.78 is 5.83. The molecule has 0 saturated carbocycles. The van der Waals surface area contributed by atoms with Crippen LogP contribution in [0.25, 0.3) is 0 Å². The predicted octanol–water partition coefficient (Wildman–Crippen LogP) is 2.09. The lowest BCUT2D eigenvalue weighted by Gasteiger charge is -2.39. The summed E-state index contributed by atoms with van der Waals surface area (Å²) >= 11 is 6.00. The average Bonchev–Trinajstić information content (AvgIpc) is 2.32. The molecule has 0 radical (unpaired) electrons. The van der Waals surface area contributed by atoms with Crippen LogP contribution < -0.4 is 0 Å². The van der Waals surface area contributed by atoms with E-state index in [0.29, 0.717) is 13.2 Å². The van der Waals surface area contributed by atoms with Gasteiger partial charge in [-0.2, -0.15) is 0 Å². The minimum absolute atomic E-state index is 0.0361. The van der Waals surface area contributed by atoms with Gasteiger partial charge >= 0.3 is 0 Å². The second-order valence-electron chi connectivity index (χ2n) is 4.35. The van der Waals surface area contributed by atoms with Crippen LogP contribution in [-0.2, 0) is 4.74 Å². The molecular weight excluding hydrogens is 238 g/mol. The Kier molecular flexibility index (Phi) is 4.40. The largest absolute Gasteiger partial charge is 0.395 e. The standard InChI is InChI=1S/C13H18ClNO2/c1-10-13(11-3-2-4-12(14)9-11)17-8-6-15(10)5-7-16/h2-4,9-10,13,16H,5-8H2,1H3. The molecule has 94 valence electrons. The average molecular weight is 256 g/mol. The van der Waals surface area contributed by atoms with E-state index in [1.54, 1.807) is 0 Å². The van der Waals surface area contributed by atoms with E-state index >= 15 is 0 Å². The van der Waals surface area contributed by atoms with Gasteiger partial charge in [-0.15, -0.1) is 0 Å². The summed E-state index contributed by atoms with van der Waals surface area (Å²) in [6.45, 7) is 4.58. The normalized spacial score (nSPS) is 26.1. The van der Waals surface area contributed by atoms with E-state index in [-0.39, 0.29) is 18.8 Å². The van der Waals surface area contributed by atoms with Gasteiger partial charge in [-0.3, -0.25) is 4.90 Å². The number of aliphatic hydroxyl groups excluding tert-OH is 1. The third-order valence-corrected chi connectivity index (χ3v) is 3.49. The maximum Gasteiger partial charge on any atom is 0.0978 e. The van der Waals surface area contributed by atoms with Gasteiger partial charge in [0.15, 0.2) is 0 Å². The highest BCUT2D eigenvalue weighted by molar-refractivity contribution is 6.30. The topological polar surface area (TPSA) is 32.7 Å². The highest BCUT2D eigenvalue weighted by Gasteiger charge is 2.29. The third kappa shape index (κ3) is 2.99. The van der Waals surface area contributed by atoms with Gasteiger partial charge in [-0.1, -0.05) is 23.7 Å². The monoisotopic (exact) mass is 255 g/mol. The molecule has 1 aliphatic rings.